The first-order valence-corrected chi connectivity index (χ1v) is 9.56. The van der Waals surface area contributed by atoms with E-state index < -0.39 is 5.91 Å². The molecule has 2 N–H and O–H groups in total. The van der Waals surface area contributed by atoms with Crippen LogP contribution in [0.15, 0.2) is 54.1 Å². The van der Waals surface area contributed by atoms with Gasteiger partial charge in [-0.05, 0) is 61.4 Å². The van der Waals surface area contributed by atoms with Gasteiger partial charge in [-0.1, -0.05) is 23.7 Å². The highest BCUT2D eigenvalue weighted by atomic mass is 35.5. The zero-order valence-corrected chi connectivity index (χ0v) is 16.8. The molecule has 0 bridgehead atoms. The van der Waals surface area contributed by atoms with Gasteiger partial charge >= 0.3 is 0 Å². The Morgan fingerprint density at radius 2 is 1.97 bits per heavy atom. The Labute approximate surface area is 175 Å². The lowest BCUT2D eigenvalue weighted by Gasteiger charge is -2.07. The Balaban J connectivity index is 2.02. The number of benzene rings is 2. The molecule has 0 atom stereocenters. The number of hydrogen-bond donors (Lipinski definition) is 2. The molecule has 0 spiro atoms. The fourth-order valence-electron chi connectivity index (χ4n) is 2.44. The normalized spacial score (nSPS) is 10.9. The second-order valence-electron chi connectivity index (χ2n) is 6.06. The fraction of sp³-hybridized carbons (Fsp3) is 0.227. The topological polar surface area (TPSA) is 91.2 Å². The van der Waals surface area contributed by atoms with Gasteiger partial charge in [0.15, 0.2) is 0 Å². The fourth-order valence-corrected chi connectivity index (χ4v) is 2.57. The van der Waals surface area contributed by atoms with Crippen molar-refractivity contribution in [3.05, 3.63) is 70.3 Å². The Kier molecular flexibility index (Phi) is 8.90. The molecule has 7 heteroatoms. The predicted octanol–water partition coefficient (Wildman–Crippen LogP) is 4.04. The van der Waals surface area contributed by atoms with E-state index in [1.807, 2.05) is 13.0 Å². The average molecular weight is 412 g/mol. The summed E-state index contributed by atoms with van der Waals surface area (Å²) in [5.74, 6) is -0.727. The highest BCUT2D eigenvalue weighted by Gasteiger charge is 2.09. The maximum absolute atomic E-state index is 12.3. The number of carbonyl (C=O) groups excluding carboxylic acids is 2. The summed E-state index contributed by atoms with van der Waals surface area (Å²) in [5, 5.41) is 15.3. The maximum atomic E-state index is 12.3. The first-order valence-electron chi connectivity index (χ1n) is 9.18. The molecular weight excluding hydrogens is 390 g/mol. The van der Waals surface area contributed by atoms with Gasteiger partial charge in [0.1, 0.15) is 11.6 Å². The van der Waals surface area contributed by atoms with Crippen LogP contribution in [-0.2, 0) is 9.53 Å². The zero-order chi connectivity index (χ0) is 21.1. The van der Waals surface area contributed by atoms with Crippen LogP contribution in [0, 0.1) is 11.3 Å². The third kappa shape index (κ3) is 7.41. The molecule has 0 fully saturated rings. The minimum absolute atomic E-state index is 0.0115. The summed E-state index contributed by atoms with van der Waals surface area (Å²) < 4.78 is 5.21. The largest absolute Gasteiger partial charge is 0.382 e. The molecule has 0 aliphatic carbocycles. The van der Waals surface area contributed by atoms with Crippen molar-refractivity contribution >= 4 is 35.2 Å². The molecule has 0 unspecified atom stereocenters. The third-order valence-electron chi connectivity index (χ3n) is 3.88. The molecule has 0 aliphatic rings. The number of nitrogens with zero attached hydrogens (tertiary/aromatic N) is 1. The first kappa shape index (κ1) is 22.2. The van der Waals surface area contributed by atoms with E-state index >= 15 is 0 Å². The molecule has 6 nitrogen and oxygen atoms in total. The molecule has 2 aromatic carbocycles. The molecular formula is C22H22ClN3O3. The molecule has 0 saturated heterocycles. The van der Waals surface area contributed by atoms with Crippen molar-refractivity contribution < 1.29 is 14.3 Å². The van der Waals surface area contributed by atoms with Crippen molar-refractivity contribution in [3.8, 4) is 6.07 Å². The van der Waals surface area contributed by atoms with Crippen LogP contribution in [0.1, 0.15) is 29.3 Å². The highest BCUT2D eigenvalue weighted by molar-refractivity contribution is 6.30. The number of anilines is 1. The first-order chi connectivity index (χ1) is 14.0. The molecule has 2 aromatic rings. The lowest BCUT2D eigenvalue weighted by atomic mass is 10.1. The molecule has 2 rings (SSSR count). The monoisotopic (exact) mass is 411 g/mol. The van der Waals surface area contributed by atoms with Gasteiger partial charge in [0, 0.05) is 36.0 Å². The highest BCUT2D eigenvalue weighted by Crippen LogP contribution is 2.16. The number of ether oxygens (including phenoxy) is 1. The molecule has 150 valence electrons. The summed E-state index contributed by atoms with van der Waals surface area (Å²) in [6.45, 7) is 3.51. The van der Waals surface area contributed by atoms with Crippen LogP contribution in [0.2, 0.25) is 5.02 Å². The standard InChI is InChI=1S/C22H22ClN3O3/c1-2-29-12-4-11-25-21(27)18(15-24)13-16-5-3-6-20(14-16)26-22(28)17-7-9-19(23)10-8-17/h3,5-10,13-14H,2,4,11-12H2,1H3,(H,25,27)(H,26,28)/b18-13+. The number of rotatable bonds is 9. The van der Waals surface area contributed by atoms with Gasteiger partial charge in [0.05, 0.1) is 0 Å². The summed E-state index contributed by atoms with van der Waals surface area (Å²) in [7, 11) is 0. The summed E-state index contributed by atoms with van der Waals surface area (Å²) in [4.78, 5) is 24.5. The third-order valence-corrected chi connectivity index (χ3v) is 4.13. The Hall–Kier alpha value is -3.14. The van der Waals surface area contributed by atoms with Crippen molar-refractivity contribution in [2.45, 2.75) is 13.3 Å². The predicted molar refractivity (Wildman–Crippen MR) is 114 cm³/mol. The van der Waals surface area contributed by atoms with Crippen LogP contribution < -0.4 is 10.6 Å². The van der Waals surface area contributed by atoms with Crippen molar-refractivity contribution in [2.24, 2.45) is 0 Å². The smallest absolute Gasteiger partial charge is 0.261 e. The molecule has 0 aliphatic heterocycles. The molecule has 0 aromatic heterocycles. The van der Waals surface area contributed by atoms with Crippen molar-refractivity contribution in [1.82, 2.24) is 5.32 Å². The molecule has 0 radical (unpaired) electrons. The Morgan fingerprint density at radius 3 is 2.66 bits per heavy atom. The van der Waals surface area contributed by atoms with Crippen molar-refractivity contribution in [2.75, 3.05) is 25.1 Å². The number of nitrogens with one attached hydrogen (secondary N) is 2. The SMILES string of the molecule is CCOCCCNC(=O)/C(C#N)=C/c1cccc(NC(=O)c2ccc(Cl)cc2)c1. The number of halogens is 1. The van der Waals surface area contributed by atoms with Crippen molar-refractivity contribution in [3.63, 3.8) is 0 Å². The van der Waals surface area contributed by atoms with Gasteiger partial charge in [0.25, 0.3) is 11.8 Å². The second kappa shape index (κ2) is 11.6. The zero-order valence-electron chi connectivity index (χ0n) is 16.1. The number of amides is 2. The van der Waals surface area contributed by atoms with Crippen LogP contribution in [0.4, 0.5) is 5.69 Å². The number of nitriles is 1. The Morgan fingerprint density at radius 1 is 1.21 bits per heavy atom. The minimum atomic E-state index is -0.445. The van der Waals surface area contributed by atoms with Crippen molar-refractivity contribution in [1.29, 1.82) is 5.26 Å². The molecule has 29 heavy (non-hydrogen) atoms. The van der Waals surface area contributed by atoms with Gasteiger partial charge in [-0.25, -0.2) is 0 Å². The summed E-state index contributed by atoms with van der Waals surface area (Å²) in [6, 6.07) is 15.4. The van der Waals surface area contributed by atoms with Crippen LogP contribution >= 0.6 is 11.6 Å². The van der Waals surface area contributed by atoms with E-state index in [-0.39, 0.29) is 11.5 Å². The second-order valence-corrected chi connectivity index (χ2v) is 6.50. The van der Waals surface area contributed by atoms with E-state index in [0.717, 1.165) is 0 Å². The van der Waals surface area contributed by atoms with E-state index in [4.69, 9.17) is 16.3 Å². The van der Waals surface area contributed by atoms with Gasteiger partial charge in [-0.2, -0.15) is 5.26 Å². The molecule has 2 amide bonds. The van der Waals surface area contributed by atoms with E-state index in [1.54, 1.807) is 48.5 Å². The summed E-state index contributed by atoms with van der Waals surface area (Å²) >= 11 is 5.84. The Bertz CT molecular complexity index is 918. The van der Waals surface area contributed by atoms with Gasteiger partial charge < -0.3 is 15.4 Å². The summed E-state index contributed by atoms with van der Waals surface area (Å²) in [5.41, 5.74) is 1.63. The number of carbonyl (C=O) groups is 2. The molecule has 0 saturated carbocycles. The lowest BCUT2D eigenvalue weighted by molar-refractivity contribution is -0.117. The minimum Gasteiger partial charge on any atom is -0.382 e. The van der Waals surface area contributed by atoms with Crippen LogP contribution in [0.5, 0.6) is 0 Å². The number of hydrogen-bond acceptors (Lipinski definition) is 4. The van der Waals surface area contributed by atoms with E-state index in [0.29, 0.717) is 48.0 Å². The van der Waals surface area contributed by atoms with Gasteiger partial charge in [-0.3, -0.25) is 9.59 Å². The van der Waals surface area contributed by atoms with Crippen LogP contribution in [-0.4, -0.2) is 31.6 Å². The lowest BCUT2D eigenvalue weighted by Crippen LogP contribution is -2.26. The van der Waals surface area contributed by atoms with E-state index in [1.165, 1.54) is 6.08 Å². The van der Waals surface area contributed by atoms with Gasteiger partial charge in [0.2, 0.25) is 0 Å². The van der Waals surface area contributed by atoms with Crippen LogP contribution in [0.3, 0.4) is 0 Å². The summed E-state index contributed by atoms with van der Waals surface area (Å²) in [6.07, 6.45) is 2.15. The van der Waals surface area contributed by atoms with Crippen LogP contribution in [0.25, 0.3) is 6.08 Å². The maximum Gasteiger partial charge on any atom is 0.261 e. The van der Waals surface area contributed by atoms with E-state index in [9.17, 15) is 14.9 Å². The van der Waals surface area contributed by atoms with E-state index in [2.05, 4.69) is 10.6 Å². The average Bonchev–Trinajstić information content (AvgIpc) is 2.72. The quantitative estimate of drug-likeness (QED) is 0.370. The van der Waals surface area contributed by atoms with Gasteiger partial charge in [-0.15, -0.1) is 0 Å². The molecule has 0 heterocycles.